The summed E-state index contributed by atoms with van der Waals surface area (Å²) < 4.78 is 0. The Balaban J connectivity index is 2.19. The normalized spacial score (nSPS) is 24.5. The largest absolute Gasteiger partial charge is 0.297 e. The van der Waals surface area contributed by atoms with Crippen molar-refractivity contribution in [1.82, 2.24) is 0 Å². The zero-order valence-electron chi connectivity index (χ0n) is 8.84. The van der Waals surface area contributed by atoms with E-state index in [4.69, 9.17) is 0 Å². The van der Waals surface area contributed by atoms with Gasteiger partial charge >= 0.3 is 0 Å². The molecule has 0 N–H and O–H groups in total. The van der Waals surface area contributed by atoms with Crippen LogP contribution in [0.1, 0.15) is 13.8 Å². The van der Waals surface area contributed by atoms with Crippen LogP contribution in [0.5, 0.6) is 0 Å². The molecule has 15 heavy (non-hydrogen) atoms. The van der Waals surface area contributed by atoms with Gasteiger partial charge in [0.05, 0.1) is 12.2 Å². The zero-order chi connectivity index (χ0) is 10.9. The molecule has 2 rings (SSSR count). The number of carbonyl (C=O) groups excluding carboxylic acids is 1. The van der Waals surface area contributed by atoms with Crippen molar-refractivity contribution in [3.05, 3.63) is 30.3 Å². The molecular weight excluding hydrogens is 190 g/mol. The van der Waals surface area contributed by atoms with Crippen molar-refractivity contribution in [1.29, 1.82) is 0 Å². The molecule has 1 aromatic rings. The van der Waals surface area contributed by atoms with E-state index in [1.807, 2.05) is 37.3 Å². The topological polar surface area (TPSA) is 45.0 Å². The van der Waals surface area contributed by atoms with Crippen LogP contribution in [0.15, 0.2) is 40.7 Å². The van der Waals surface area contributed by atoms with Crippen molar-refractivity contribution in [3.8, 4) is 0 Å². The summed E-state index contributed by atoms with van der Waals surface area (Å²) in [6, 6.07) is 9.72. The Labute approximate surface area is 88.6 Å². The quantitative estimate of drug-likeness (QED) is 0.739. The lowest BCUT2D eigenvalue weighted by Crippen LogP contribution is -2.37. The summed E-state index contributed by atoms with van der Waals surface area (Å²) in [6.07, 6.45) is 0. The average molecular weight is 203 g/mol. The first-order chi connectivity index (χ1) is 7.12. The van der Waals surface area contributed by atoms with Crippen LogP contribution in [-0.4, -0.2) is 17.9 Å². The predicted octanol–water partition coefficient (Wildman–Crippen LogP) is 2.22. The number of para-hydroxylation sites is 1. The second-order valence-corrected chi connectivity index (χ2v) is 3.91. The van der Waals surface area contributed by atoms with E-state index >= 15 is 0 Å². The van der Waals surface area contributed by atoms with Gasteiger partial charge in [-0.2, -0.15) is 5.11 Å². The lowest BCUT2D eigenvalue weighted by Gasteiger charge is -2.18. The molecule has 0 aliphatic carbocycles. The highest BCUT2D eigenvalue weighted by Crippen LogP contribution is 2.26. The summed E-state index contributed by atoms with van der Waals surface area (Å²) in [5.74, 6) is 0.0460. The molecule has 0 aromatic heterocycles. The van der Waals surface area contributed by atoms with Crippen LogP contribution in [0.4, 0.5) is 5.69 Å². The van der Waals surface area contributed by atoms with Gasteiger partial charge in [0.25, 0.3) is 0 Å². The molecule has 0 amide bonds. The molecule has 78 valence electrons. The first-order valence-electron chi connectivity index (χ1n) is 4.88. The number of anilines is 1. The maximum Gasteiger partial charge on any atom is 0.160 e. The minimum atomic E-state index is -0.685. The molecule has 4 nitrogen and oxygen atoms in total. The molecule has 1 atom stereocenters. The van der Waals surface area contributed by atoms with Crippen molar-refractivity contribution in [3.63, 3.8) is 0 Å². The molecule has 1 aliphatic heterocycles. The molecule has 0 bridgehead atoms. The van der Waals surface area contributed by atoms with E-state index in [0.29, 0.717) is 6.54 Å². The van der Waals surface area contributed by atoms with Gasteiger partial charge < -0.3 is 0 Å². The lowest BCUT2D eigenvalue weighted by molar-refractivity contribution is -0.120. The van der Waals surface area contributed by atoms with Crippen molar-refractivity contribution >= 4 is 11.5 Å². The molecular formula is C11H13N3O. The highest BCUT2D eigenvalue weighted by atomic mass is 16.1. The third-order valence-corrected chi connectivity index (χ3v) is 2.64. The second kappa shape index (κ2) is 3.46. The first kappa shape index (κ1) is 9.83. The van der Waals surface area contributed by atoms with E-state index in [9.17, 15) is 4.79 Å². The number of Topliss-reactive ketones (excluding diaryl/α,β-unsaturated/α-hetero) is 1. The van der Waals surface area contributed by atoms with Gasteiger partial charge in [0.15, 0.2) is 11.3 Å². The minimum absolute atomic E-state index is 0.0460. The van der Waals surface area contributed by atoms with Crippen LogP contribution in [0, 0.1) is 0 Å². The number of benzene rings is 1. The first-order valence-corrected chi connectivity index (χ1v) is 4.88. The molecule has 0 radical (unpaired) electrons. The van der Waals surface area contributed by atoms with Gasteiger partial charge in [0.2, 0.25) is 0 Å². The number of rotatable bonds is 2. The third kappa shape index (κ3) is 1.75. The van der Waals surface area contributed by atoms with Crippen molar-refractivity contribution in [2.75, 3.05) is 11.6 Å². The average Bonchev–Trinajstić information content (AvgIpc) is 2.64. The minimum Gasteiger partial charge on any atom is -0.297 e. The summed E-state index contributed by atoms with van der Waals surface area (Å²) in [6.45, 7) is 3.88. The molecule has 0 fully saturated rings. The van der Waals surface area contributed by atoms with Crippen LogP contribution in [-0.2, 0) is 4.79 Å². The monoisotopic (exact) mass is 203 g/mol. The van der Waals surface area contributed by atoms with E-state index < -0.39 is 5.54 Å². The molecule has 1 aliphatic rings. The van der Waals surface area contributed by atoms with Crippen LogP contribution in [0.3, 0.4) is 0 Å². The zero-order valence-corrected chi connectivity index (χ0v) is 8.84. The Morgan fingerprint density at radius 3 is 2.60 bits per heavy atom. The Morgan fingerprint density at radius 2 is 2.07 bits per heavy atom. The van der Waals surface area contributed by atoms with Crippen LogP contribution in [0.2, 0.25) is 0 Å². The summed E-state index contributed by atoms with van der Waals surface area (Å²) in [5.41, 5.74) is 0.279. The second-order valence-electron chi connectivity index (χ2n) is 3.91. The fourth-order valence-corrected chi connectivity index (χ4v) is 1.43. The fraction of sp³-hybridized carbons (Fsp3) is 0.364. The van der Waals surface area contributed by atoms with Gasteiger partial charge in [-0.15, -0.1) is 0 Å². The predicted molar refractivity (Wildman–Crippen MR) is 57.7 cm³/mol. The molecule has 1 heterocycles. The smallest absolute Gasteiger partial charge is 0.160 e. The maximum absolute atomic E-state index is 11.4. The SMILES string of the molecule is CC(=O)C1(C)CN(c2ccccc2)N=N1. The van der Waals surface area contributed by atoms with E-state index in [1.54, 1.807) is 11.9 Å². The van der Waals surface area contributed by atoms with E-state index in [1.165, 1.54) is 0 Å². The Kier molecular flexibility index (Phi) is 2.26. The third-order valence-electron chi connectivity index (χ3n) is 2.64. The Morgan fingerprint density at radius 1 is 1.40 bits per heavy atom. The van der Waals surface area contributed by atoms with Crippen LogP contribution < -0.4 is 5.01 Å². The summed E-state index contributed by atoms with van der Waals surface area (Å²) >= 11 is 0. The van der Waals surface area contributed by atoms with Gasteiger partial charge in [-0.1, -0.05) is 23.4 Å². The number of hydrogen-bond acceptors (Lipinski definition) is 4. The van der Waals surface area contributed by atoms with Gasteiger partial charge in [0.1, 0.15) is 0 Å². The molecule has 0 spiro atoms. The van der Waals surface area contributed by atoms with Crippen molar-refractivity contribution < 1.29 is 4.79 Å². The molecule has 1 unspecified atom stereocenters. The molecule has 0 saturated carbocycles. The van der Waals surface area contributed by atoms with Crippen molar-refractivity contribution in [2.45, 2.75) is 19.4 Å². The van der Waals surface area contributed by atoms with E-state index in [2.05, 4.69) is 10.3 Å². The number of hydrogen-bond donors (Lipinski definition) is 0. The van der Waals surface area contributed by atoms with Crippen molar-refractivity contribution in [2.24, 2.45) is 10.3 Å². The standard InChI is InChI=1S/C11H13N3O/c1-9(15)11(2)8-14(13-12-11)10-6-4-3-5-7-10/h3-7H,8H2,1-2H3. The number of carbonyl (C=O) groups is 1. The fourth-order valence-electron chi connectivity index (χ4n) is 1.43. The Hall–Kier alpha value is -1.71. The summed E-state index contributed by atoms with van der Waals surface area (Å²) in [7, 11) is 0. The molecule has 4 heteroatoms. The van der Waals surface area contributed by atoms with E-state index in [-0.39, 0.29) is 5.78 Å². The number of ketones is 1. The highest BCUT2D eigenvalue weighted by Gasteiger charge is 2.37. The highest BCUT2D eigenvalue weighted by molar-refractivity contribution is 5.87. The van der Waals surface area contributed by atoms with Crippen LogP contribution in [0.25, 0.3) is 0 Å². The van der Waals surface area contributed by atoms with Gasteiger partial charge in [-0.25, -0.2) is 5.01 Å². The van der Waals surface area contributed by atoms with Crippen LogP contribution >= 0.6 is 0 Å². The van der Waals surface area contributed by atoms with Gasteiger partial charge in [0, 0.05) is 0 Å². The molecule has 0 saturated heterocycles. The summed E-state index contributed by atoms with van der Waals surface area (Å²) in [4.78, 5) is 11.4. The molecule has 1 aromatic carbocycles. The van der Waals surface area contributed by atoms with Gasteiger partial charge in [-0.3, -0.25) is 4.79 Å². The van der Waals surface area contributed by atoms with E-state index in [0.717, 1.165) is 5.69 Å². The maximum atomic E-state index is 11.4. The Bertz CT molecular complexity index is 402. The van der Waals surface area contributed by atoms with Gasteiger partial charge in [-0.05, 0) is 26.0 Å². The lowest BCUT2D eigenvalue weighted by atomic mass is 9.99. The number of nitrogens with zero attached hydrogens (tertiary/aromatic N) is 3. The summed E-state index contributed by atoms with van der Waals surface area (Å²) in [5, 5.41) is 9.80.